The summed E-state index contributed by atoms with van der Waals surface area (Å²) in [5.74, 6) is 1.42. The van der Waals surface area contributed by atoms with E-state index in [0.29, 0.717) is 31.8 Å². The molecule has 1 atom stereocenters. The highest BCUT2D eigenvalue weighted by Crippen LogP contribution is 2.29. The topological polar surface area (TPSA) is 99.9 Å². The van der Waals surface area contributed by atoms with Crippen LogP contribution >= 0.6 is 0 Å². The Hall–Kier alpha value is -2.93. The lowest BCUT2D eigenvalue weighted by atomic mass is 9.86. The highest BCUT2D eigenvalue weighted by atomic mass is 16.2. The lowest BCUT2D eigenvalue weighted by molar-refractivity contribution is -0.128. The fourth-order valence-electron chi connectivity index (χ4n) is 4.38. The summed E-state index contributed by atoms with van der Waals surface area (Å²) in [5.41, 5.74) is 8.97. The second-order valence-corrected chi connectivity index (χ2v) is 9.49. The Morgan fingerprint density at radius 1 is 1.16 bits per heavy atom. The predicted molar refractivity (Wildman–Crippen MR) is 128 cm³/mol. The molecule has 0 bridgehead atoms. The van der Waals surface area contributed by atoms with Gasteiger partial charge in [-0.1, -0.05) is 43.7 Å². The number of nitrogens with two attached hydrogens (primary N) is 1. The standard InChI is InChI=1S/C25H34N6O/c1-17(2)4-9-21(19-7-5-18(3)6-8-19)30-24(32)25(26)11-14-31(15-12-25)23-20-10-13-27-22(20)28-16-29-23/h5-8,10,13,16-17,21H,4,9,11-12,14-15,26H2,1-3H3,(H,30,32)(H,27,28,29)/t21-/m1/s1. The van der Waals surface area contributed by atoms with Crippen molar-refractivity contribution in [3.05, 3.63) is 54.0 Å². The van der Waals surface area contributed by atoms with Crippen molar-refractivity contribution < 1.29 is 4.79 Å². The van der Waals surface area contributed by atoms with Gasteiger partial charge in [-0.25, -0.2) is 9.97 Å². The molecule has 0 aliphatic carbocycles. The zero-order chi connectivity index (χ0) is 22.7. The molecular weight excluding hydrogens is 400 g/mol. The number of fused-ring (bicyclic) bond motifs is 1. The molecule has 1 fully saturated rings. The molecule has 7 heteroatoms. The van der Waals surface area contributed by atoms with Crippen molar-refractivity contribution in [2.45, 2.75) is 58.0 Å². The van der Waals surface area contributed by atoms with Gasteiger partial charge in [-0.15, -0.1) is 0 Å². The Kier molecular flexibility index (Phi) is 6.46. The van der Waals surface area contributed by atoms with E-state index in [1.165, 1.54) is 5.56 Å². The van der Waals surface area contributed by atoms with Crippen molar-refractivity contribution in [3.8, 4) is 0 Å². The largest absolute Gasteiger partial charge is 0.356 e. The van der Waals surface area contributed by atoms with E-state index >= 15 is 0 Å². The van der Waals surface area contributed by atoms with Crippen LogP contribution in [0.5, 0.6) is 0 Å². The van der Waals surface area contributed by atoms with Crippen molar-refractivity contribution in [3.63, 3.8) is 0 Å². The summed E-state index contributed by atoms with van der Waals surface area (Å²) < 4.78 is 0. The third kappa shape index (κ3) is 4.78. The minimum Gasteiger partial charge on any atom is -0.356 e. The molecule has 0 saturated carbocycles. The van der Waals surface area contributed by atoms with Gasteiger partial charge in [0.15, 0.2) is 0 Å². The van der Waals surface area contributed by atoms with Crippen LogP contribution in [-0.4, -0.2) is 39.5 Å². The number of anilines is 1. The van der Waals surface area contributed by atoms with E-state index in [1.54, 1.807) is 6.33 Å². The van der Waals surface area contributed by atoms with E-state index in [9.17, 15) is 4.79 Å². The molecule has 4 rings (SSSR count). The minimum absolute atomic E-state index is 0.0229. The summed E-state index contributed by atoms with van der Waals surface area (Å²) in [6, 6.07) is 10.4. The van der Waals surface area contributed by atoms with Crippen molar-refractivity contribution in [1.82, 2.24) is 20.3 Å². The number of carbonyl (C=O) groups is 1. The molecule has 2 aromatic heterocycles. The number of rotatable bonds is 7. The first-order valence-corrected chi connectivity index (χ1v) is 11.6. The maximum atomic E-state index is 13.3. The van der Waals surface area contributed by atoms with Gasteiger partial charge in [0.2, 0.25) is 5.91 Å². The Morgan fingerprint density at radius 2 is 1.88 bits per heavy atom. The first kappa shape index (κ1) is 22.3. The van der Waals surface area contributed by atoms with Gasteiger partial charge >= 0.3 is 0 Å². The van der Waals surface area contributed by atoms with E-state index in [4.69, 9.17) is 5.73 Å². The van der Waals surface area contributed by atoms with Gasteiger partial charge in [-0.2, -0.15) is 0 Å². The number of carbonyl (C=O) groups excluding carboxylic acids is 1. The Bertz CT molecular complexity index is 1050. The first-order valence-electron chi connectivity index (χ1n) is 11.6. The first-order chi connectivity index (χ1) is 15.4. The number of aromatic amines is 1. The van der Waals surface area contributed by atoms with E-state index < -0.39 is 5.54 Å². The van der Waals surface area contributed by atoms with Crippen LogP contribution in [0.25, 0.3) is 11.0 Å². The number of amides is 1. The van der Waals surface area contributed by atoms with Crippen LogP contribution in [0.2, 0.25) is 0 Å². The van der Waals surface area contributed by atoms with Crippen molar-refractivity contribution >= 4 is 22.8 Å². The smallest absolute Gasteiger partial charge is 0.240 e. The molecule has 1 saturated heterocycles. The van der Waals surface area contributed by atoms with Crippen LogP contribution in [0.1, 0.15) is 56.7 Å². The zero-order valence-corrected chi connectivity index (χ0v) is 19.3. The molecule has 1 aromatic carbocycles. The molecule has 0 radical (unpaired) electrons. The minimum atomic E-state index is -0.873. The van der Waals surface area contributed by atoms with E-state index in [-0.39, 0.29) is 11.9 Å². The summed E-state index contributed by atoms with van der Waals surface area (Å²) in [6.45, 7) is 7.86. The number of H-pyrrole nitrogens is 1. The highest BCUT2D eigenvalue weighted by Gasteiger charge is 2.39. The molecule has 3 aromatic rings. The van der Waals surface area contributed by atoms with Gasteiger partial charge in [0.25, 0.3) is 0 Å². The Labute approximate surface area is 189 Å². The van der Waals surface area contributed by atoms with Crippen LogP contribution in [-0.2, 0) is 4.79 Å². The number of benzene rings is 1. The number of piperidine rings is 1. The second-order valence-electron chi connectivity index (χ2n) is 9.49. The van der Waals surface area contributed by atoms with Gasteiger partial charge < -0.3 is 20.9 Å². The van der Waals surface area contributed by atoms with Crippen LogP contribution < -0.4 is 16.0 Å². The summed E-state index contributed by atoms with van der Waals surface area (Å²) >= 11 is 0. The SMILES string of the molecule is Cc1ccc([C@@H](CCC(C)C)NC(=O)C2(N)CCN(c3ncnc4[nH]ccc34)CC2)cc1. The normalized spacial score (nSPS) is 17.0. The highest BCUT2D eigenvalue weighted by molar-refractivity contribution is 5.89. The molecule has 1 aliphatic heterocycles. The summed E-state index contributed by atoms with van der Waals surface area (Å²) in [6.07, 6.45) is 6.56. The maximum Gasteiger partial charge on any atom is 0.240 e. The van der Waals surface area contributed by atoms with E-state index in [0.717, 1.165) is 35.3 Å². The Balaban J connectivity index is 1.44. The summed E-state index contributed by atoms with van der Waals surface area (Å²) in [5, 5.41) is 4.28. The molecule has 0 unspecified atom stereocenters. The molecule has 170 valence electrons. The number of nitrogens with zero attached hydrogens (tertiary/aromatic N) is 3. The molecule has 32 heavy (non-hydrogen) atoms. The van der Waals surface area contributed by atoms with Gasteiger partial charge in [-0.05, 0) is 50.2 Å². The lowest BCUT2D eigenvalue weighted by Gasteiger charge is -2.39. The molecular formula is C25H34N6O. The quantitative estimate of drug-likeness (QED) is 0.524. The lowest BCUT2D eigenvalue weighted by Crippen LogP contribution is -2.60. The fraction of sp³-hybridized carbons (Fsp3) is 0.480. The monoisotopic (exact) mass is 434 g/mol. The van der Waals surface area contributed by atoms with Crippen LogP contribution in [0.4, 0.5) is 5.82 Å². The third-order valence-corrected chi connectivity index (χ3v) is 6.56. The maximum absolute atomic E-state index is 13.3. The molecule has 0 spiro atoms. The van der Waals surface area contributed by atoms with Crippen LogP contribution in [0, 0.1) is 12.8 Å². The van der Waals surface area contributed by atoms with Crippen molar-refractivity contribution in [2.24, 2.45) is 11.7 Å². The molecule has 1 amide bonds. The fourth-order valence-corrected chi connectivity index (χ4v) is 4.38. The molecule has 1 aliphatic rings. The third-order valence-electron chi connectivity index (χ3n) is 6.56. The van der Waals surface area contributed by atoms with Gasteiger partial charge in [0.1, 0.15) is 17.8 Å². The average molecular weight is 435 g/mol. The van der Waals surface area contributed by atoms with Gasteiger partial charge in [0, 0.05) is 19.3 Å². The number of hydrogen-bond acceptors (Lipinski definition) is 5. The van der Waals surface area contributed by atoms with E-state index in [2.05, 4.69) is 70.2 Å². The summed E-state index contributed by atoms with van der Waals surface area (Å²) in [7, 11) is 0. The van der Waals surface area contributed by atoms with Gasteiger partial charge in [0.05, 0.1) is 17.0 Å². The van der Waals surface area contributed by atoms with Gasteiger partial charge in [-0.3, -0.25) is 4.79 Å². The predicted octanol–water partition coefficient (Wildman–Crippen LogP) is 3.86. The zero-order valence-electron chi connectivity index (χ0n) is 19.3. The van der Waals surface area contributed by atoms with Crippen molar-refractivity contribution in [1.29, 1.82) is 0 Å². The Morgan fingerprint density at radius 3 is 2.56 bits per heavy atom. The number of hydrogen-bond donors (Lipinski definition) is 3. The van der Waals surface area contributed by atoms with Crippen LogP contribution in [0.3, 0.4) is 0 Å². The molecule has 3 heterocycles. The number of aryl methyl sites for hydroxylation is 1. The number of aromatic nitrogens is 3. The second kappa shape index (κ2) is 9.28. The molecule has 4 N–H and O–H groups in total. The van der Waals surface area contributed by atoms with Crippen molar-refractivity contribution in [2.75, 3.05) is 18.0 Å². The van der Waals surface area contributed by atoms with E-state index in [1.807, 2.05) is 12.3 Å². The van der Waals surface area contributed by atoms with Crippen LogP contribution in [0.15, 0.2) is 42.9 Å². The summed E-state index contributed by atoms with van der Waals surface area (Å²) in [4.78, 5) is 27.4. The number of nitrogens with one attached hydrogen (secondary N) is 2. The molecule has 7 nitrogen and oxygen atoms in total. The average Bonchev–Trinajstić information content (AvgIpc) is 3.27.